The van der Waals surface area contributed by atoms with Crippen LogP contribution in [-0.4, -0.2) is 19.0 Å². The Kier molecular flexibility index (Phi) is 5.30. The number of ether oxygens (including phenoxy) is 1. The van der Waals surface area contributed by atoms with Crippen molar-refractivity contribution in [3.05, 3.63) is 56.7 Å². The first-order valence-electron chi connectivity index (χ1n) is 6.01. The second kappa shape index (κ2) is 7.19. The topological polar surface area (TPSA) is 55.4 Å². The van der Waals surface area contributed by atoms with E-state index in [1.54, 1.807) is 30.3 Å². The van der Waals surface area contributed by atoms with Crippen LogP contribution in [0.15, 0.2) is 46.3 Å². The number of rotatable bonds is 4. The highest BCUT2D eigenvalue weighted by atomic mass is 79.9. The molecule has 0 bridgehead atoms. The third-order valence-corrected chi connectivity index (χ3v) is 4.13. The molecule has 2 aromatic rings. The normalized spacial score (nSPS) is 10.6. The summed E-state index contributed by atoms with van der Waals surface area (Å²) in [6.45, 7) is 0. The van der Waals surface area contributed by atoms with E-state index in [0.717, 1.165) is 8.66 Å². The third kappa shape index (κ3) is 4.54. The van der Waals surface area contributed by atoms with Gasteiger partial charge in [0.15, 0.2) is 0 Å². The van der Waals surface area contributed by atoms with Crippen molar-refractivity contribution in [2.45, 2.75) is 0 Å². The van der Waals surface area contributed by atoms with E-state index in [1.807, 2.05) is 12.1 Å². The van der Waals surface area contributed by atoms with Crippen molar-refractivity contribution in [1.29, 1.82) is 0 Å². The predicted octanol–water partition coefficient (Wildman–Crippen LogP) is 3.95. The Bertz CT molecular complexity index is 694. The predicted molar refractivity (Wildman–Crippen MR) is 87.5 cm³/mol. The standard InChI is InChI=1S/C15H12BrNO3S/c1-20-15(19)10-3-2-4-11(9-10)17-14(18)8-6-12-5-7-13(16)21-12/h2-9H,1H3,(H,17,18)/b8-6+. The molecule has 1 heterocycles. The van der Waals surface area contributed by atoms with Crippen molar-refractivity contribution in [2.75, 3.05) is 12.4 Å². The Morgan fingerprint density at radius 3 is 2.76 bits per heavy atom. The molecular formula is C15H12BrNO3S. The van der Waals surface area contributed by atoms with Gasteiger partial charge in [0.25, 0.3) is 0 Å². The minimum absolute atomic E-state index is 0.262. The van der Waals surface area contributed by atoms with Crippen LogP contribution in [0.25, 0.3) is 6.08 Å². The van der Waals surface area contributed by atoms with Crippen LogP contribution in [0.1, 0.15) is 15.2 Å². The summed E-state index contributed by atoms with van der Waals surface area (Å²) in [4.78, 5) is 24.2. The molecule has 21 heavy (non-hydrogen) atoms. The zero-order valence-corrected chi connectivity index (χ0v) is 13.5. The van der Waals surface area contributed by atoms with Gasteiger partial charge in [-0.15, -0.1) is 11.3 Å². The van der Waals surface area contributed by atoms with E-state index in [2.05, 4.69) is 26.0 Å². The monoisotopic (exact) mass is 365 g/mol. The number of carbonyl (C=O) groups is 2. The number of halogens is 1. The number of amides is 1. The number of benzene rings is 1. The molecular weight excluding hydrogens is 354 g/mol. The second-order valence-corrected chi connectivity index (χ2v) is 6.53. The van der Waals surface area contributed by atoms with Crippen LogP contribution in [0.2, 0.25) is 0 Å². The van der Waals surface area contributed by atoms with Gasteiger partial charge in [-0.3, -0.25) is 4.79 Å². The Labute approximate surface area is 134 Å². The highest BCUT2D eigenvalue weighted by Gasteiger charge is 2.06. The minimum Gasteiger partial charge on any atom is -0.465 e. The maximum absolute atomic E-state index is 11.8. The smallest absolute Gasteiger partial charge is 0.337 e. The fraction of sp³-hybridized carbons (Fsp3) is 0.0667. The first-order valence-corrected chi connectivity index (χ1v) is 7.62. The lowest BCUT2D eigenvalue weighted by Gasteiger charge is -2.04. The zero-order valence-electron chi connectivity index (χ0n) is 11.1. The number of esters is 1. The van der Waals surface area contributed by atoms with E-state index in [0.29, 0.717) is 11.3 Å². The highest BCUT2D eigenvalue weighted by Crippen LogP contribution is 2.23. The van der Waals surface area contributed by atoms with Crippen molar-refractivity contribution in [1.82, 2.24) is 0 Å². The van der Waals surface area contributed by atoms with Gasteiger partial charge in [0.1, 0.15) is 0 Å². The molecule has 0 aliphatic rings. The summed E-state index contributed by atoms with van der Waals surface area (Å²) in [6, 6.07) is 10.4. The van der Waals surface area contributed by atoms with Crippen molar-refractivity contribution in [2.24, 2.45) is 0 Å². The molecule has 0 fully saturated rings. The van der Waals surface area contributed by atoms with Crippen LogP contribution < -0.4 is 5.32 Å². The lowest BCUT2D eigenvalue weighted by Crippen LogP contribution is -2.09. The minimum atomic E-state index is -0.440. The van der Waals surface area contributed by atoms with Crippen LogP contribution in [0.3, 0.4) is 0 Å². The fourth-order valence-electron chi connectivity index (χ4n) is 1.60. The van der Waals surface area contributed by atoms with Gasteiger partial charge in [-0.25, -0.2) is 4.79 Å². The number of anilines is 1. The van der Waals surface area contributed by atoms with Gasteiger partial charge in [-0.05, 0) is 52.3 Å². The van der Waals surface area contributed by atoms with Gasteiger partial charge >= 0.3 is 5.97 Å². The van der Waals surface area contributed by atoms with Gasteiger partial charge in [-0.1, -0.05) is 6.07 Å². The van der Waals surface area contributed by atoms with E-state index in [4.69, 9.17) is 0 Å². The molecule has 1 amide bonds. The fourth-order valence-corrected chi connectivity index (χ4v) is 2.93. The zero-order chi connectivity index (χ0) is 15.2. The molecule has 0 saturated heterocycles. The lowest BCUT2D eigenvalue weighted by atomic mass is 10.2. The van der Waals surface area contributed by atoms with Gasteiger partial charge in [0.2, 0.25) is 5.91 Å². The summed E-state index contributed by atoms with van der Waals surface area (Å²) >= 11 is 4.90. The second-order valence-electron chi connectivity index (χ2n) is 4.04. The average molecular weight is 366 g/mol. The Morgan fingerprint density at radius 2 is 2.10 bits per heavy atom. The van der Waals surface area contributed by atoms with Crippen molar-refractivity contribution in [3.63, 3.8) is 0 Å². The Balaban J connectivity index is 2.02. The van der Waals surface area contributed by atoms with E-state index in [-0.39, 0.29) is 5.91 Å². The summed E-state index contributed by atoms with van der Waals surface area (Å²) in [5.41, 5.74) is 0.932. The maximum Gasteiger partial charge on any atom is 0.337 e. The van der Waals surface area contributed by atoms with Crippen LogP contribution in [-0.2, 0) is 9.53 Å². The Hall–Kier alpha value is -1.92. The molecule has 0 aliphatic carbocycles. The molecule has 0 atom stereocenters. The number of hydrogen-bond donors (Lipinski definition) is 1. The van der Waals surface area contributed by atoms with Gasteiger partial charge in [0.05, 0.1) is 16.5 Å². The molecule has 108 valence electrons. The first-order chi connectivity index (χ1) is 10.1. The SMILES string of the molecule is COC(=O)c1cccc(NC(=O)/C=C/c2ccc(Br)s2)c1. The molecule has 0 saturated carbocycles. The molecule has 1 aromatic heterocycles. The van der Waals surface area contributed by atoms with Crippen LogP contribution >= 0.6 is 27.3 Å². The lowest BCUT2D eigenvalue weighted by molar-refractivity contribution is -0.111. The van der Waals surface area contributed by atoms with Crippen LogP contribution in [0, 0.1) is 0 Å². The molecule has 6 heteroatoms. The number of nitrogens with one attached hydrogen (secondary N) is 1. The van der Waals surface area contributed by atoms with E-state index in [9.17, 15) is 9.59 Å². The third-order valence-electron chi connectivity index (χ3n) is 2.54. The van der Waals surface area contributed by atoms with Gasteiger partial charge < -0.3 is 10.1 Å². The summed E-state index contributed by atoms with van der Waals surface area (Å²) in [5, 5.41) is 2.70. The Morgan fingerprint density at radius 1 is 1.29 bits per heavy atom. The number of methoxy groups -OCH3 is 1. The van der Waals surface area contributed by atoms with E-state index >= 15 is 0 Å². The van der Waals surface area contributed by atoms with Gasteiger partial charge in [-0.2, -0.15) is 0 Å². The van der Waals surface area contributed by atoms with Crippen LogP contribution in [0.5, 0.6) is 0 Å². The molecule has 0 aliphatic heterocycles. The van der Waals surface area contributed by atoms with Gasteiger partial charge in [0, 0.05) is 16.6 Å². The molecule has 1 N–H and O–H groups in total. The molecule has 0 unspecified atom stereocenters. The average Bonchev–Trinajstić information content (AvgIpc) is 2.90. The summed E-state index contributed by atoms with van der Waals surface area (Å²) < 4.78 is 5.64. The molecule has 0 spiro atoms. The van der Waals surface area contributed by atoms with Crippen molar-refractivity contribution < 1.29 is 14.3 Å². The summed E-state index contributed by atoms with van der Waals surface area (Å²) in [5.74, 6) is -0.702. The number of hydrogen-bond acceptors (Lipinski definition) is 4. The number of thiophene rings is 1. The van der Waals surface area contributed by atoms with E-state index in [1.165, 1.54) is 24.5 Å². The maximum atomic E-state index is 11.8. The van der Waals surface area contributed by atoms with Crippen LogP contribution in [0.4, 0.5) is 5.69 Å². The van der Waals surface area contributed by atoms with Crippen molar-refractivity contribution in [3.8, 4) is 0 Å². The van der Waals surface area contributed by atoms with Crippen molar-refractivity contribution >= 4 is 50.9 Å². The molecule has 0 radical (unpaired) electrons. The van der Waals surface area contributed by atoms with E-state index < -0.39 is 5.97 Å². The largest absolute Gasteiger partial charge is 0.465 e. The quantitative estimate of drug-likeness (QED) is 0.659. The highest BCUT2D eigenvalue weighted by molar-refractivity contribution is 9.11. The molecule has 2 rings (SSSR count). The molecule has 1 aromatic carbocycles. The number of carbonyl (C=O) groups excluding carboxylic acids is 2. The first kappa shape index (κ1) is 15.5. The summed E-state index contributed by atoms with van der Waals surface area (Å²) in [7, 11) is 1.31. The molecule has 4 nitrogen and oxygen atoms in total. The summed E-state index contributed by atoms with van der Waals surface area (Å²) in [6.07, 6.45) is 3.18.